The van der Waals surface area contributed by atoms with Crippen molar-refractivity contribution in [1.82, 2.24) is 0 Å². The number of amidine groups is 1. The number of fused-ring (bicyclic) bond motifs is 1. The van der Waals surface area contributed by atoms with Crippen LogP contribution in [0.15, 0.2) is 27.7 Å². The highest BCUT2D eigenvalue weighted by molar-refractivity contribution is 9.10. The fraction of sp³-hybridized carbons (Fsp3) is 0.533. The summed E-state index contributed by atoms with van der Waals surface area (Å²) in [5, 5.41) is 4.49. The summed E-state index contributed by atoms with van der Waals surface area (Å²) in [5.74, 6) is 2.83. The Morgan fingerprint density at radius 1 is 1.35 bits per heavy atom. The predicted molar refractivity (Wildman–Crippen MR) is 90.0 cm³/mol. The molecule has 1 aromatic carbocycles. The molecule has 0 amide bonds. The van der Waals surface area contributed by atoms with Crippen LogP contribution in [-0.2, 0) is 0 Å². The van der Waals surface area contributed by atoms with Crippen LogP contribution >= 0.6 is 27.7 Å². The Morgan fingerprint density at radius 3 is 3.05 bits per heavy atom. The number of hydrogen-bond acceptors (Lipinski definition) is 4. The van der Waals surface area contributed by atoms with E-state index in [4.69, 9.17) is 9.73 Å². The van der Waals surface area contributed by atoms with Crippen LogP contribution in [0.4, 0.5) is 5.69 Å². The second kappa shape index (κ2) is 6.39. The Balaban J connectivity index is 1.76. The standard InChI is InChI=1S/C15H19BrN2OS/c1-19-11-6-7-12(16)14(8-11)18-15-17-13-5-3-2-4-10(13)9-20-15/h6-8,10,13H,2-5,9H2,1H3,(H,17,18). The quantitative estimate of drug-likeness (QED) is 0.846. The summed E-state index contributed by atoms with van der Waals surface area (Å²) in [5.41, 5.74) is 1.02. The summed E-state index contributed by atoms with van der Waals surface area (Å²) in [7, 11) is 1.69. The van der Waals surface area contributed by atoms with E-state index in [-0.39, 0.29) is 0 Å². The molecule has 1 saturated carbocycles. The summed E-state index contributed by atoms with van der Waals surface area (Å²) >= 11 is 5.42. The first-order valence-electron chi connectivity index (χ1n) is 7.07. The molecule has 0 aromatic heterocycles. The van der Waals surface area contributed by atoms with Crippen molar-refractivity contribution in [2.24, 2.45) is 10.9 Å². The summed E-state index contributed by atoms with van der Waals surface area (Å²) in [4.78, 5) is 4.90. The molecule has 0 spiro atoms. The molecule has 108 valence electrons. The van der Waals surface area contributed by atoms with Crippen LogP contribution in [0.25, 0.3) is 0 Å². The fourth-order valence-corrected chi connectivity index (χ4v) is 4.34. The molecule has 2 atom stereocenters. The van der Waals surface area contributed by atoms with Crippen LogP contribution in [-0.4, -0.2) is 24.1 Å². The number of anilines is 1. The summed E-state index contributed by atoms with van der Waals surface area (Å²) in [6.45, 7) is 0. The zero-order valence-electron chi connectivity index (χ0n) is 11.6. The molecule has 5 heteroatoms. The molecule has 3 nitrogen and oxygen atoms in total. The molecule has 2 unspecified atom stereocenters. The summed E-state index contributed by atoms with van der Waals surface area (Å²) in [6.07, 6.45) is 5.29. The number of benzene rings is 1. The lowest BCUT2D eigenvalue weighted by molar-refractivity contribution is 0.336. The Bertz CT molecular complexity index is 521. The van der Waals surface area contributed by atoms with Crippen molar-refractivity contribution >= 4 is 38.5 Å². The smallest absolute Gasteiger partial charge is 0.161 e. The number of nitrogens with zero attached hydrogens (tertiary/aromatic N) is 1. The molecule has 1 N–H and O–H groups in total. The molecule has 3 rings (SSSR count). The molecule has 1 aromatic rings. The molecule has 1 aliphatic carbocycles. The largest absolute Gasteiger partial charge is 0.497 e. The lowest BCUT2D eigenvalue weighted by Crippen LogP contribution is -2.31. The average molecular weight is 355 g/mol. The van der Waals surface area contributed by atoms with Gasteiger partial charge in [0.1, 0.15) is 5.75 Å². The zero-order chi connectivity index (χ0) is 13.9. The van der Waals surface area contributed by atoms with E-state index >= 15 is 0 Å². The van der Waals surface area contributed by atoms with E-state index in [1.807, 2.05) is 30.0 Å². The van der Waals surface area contributed by atoms with Gasteiger partial charge in [-0.1, -0.05) is 24.6 Å². The first-order valence-corrected chi connectivity index (χ1v) is 8.85. The van der Waals surface area contributed by atoms with Gasteiger partial charge in [-0.2, -0.15) is 0 Å². The average Bonchev–Trinajstić information content (AvgIpc) is 2.49. The fourth-order valence-electron chi connectivity index (χ4n) is 2.84. The number of halogens is 1. The highest BCUT2D eigenvalue weighted by Gasteiger charge is 2.29. The Hall–Kier alpha value is -0.680. The molecule has 20 heavy (non-hydrogen) atoms. The number of rotatable bonds is 2. The van der Waals surface area contributed by atoms with E-state index in [0.717, 1.165) is 27.0 Å². The molecule has 0 radical (unpaired) electrons. The van der Waals surface area contributed by atoms with Crippen molar-refractivity contribution in [1.29, 1.82) is 0 Å². The van der Waals surface area contributed by atoms with E-state index in [9.17, 15) is 0 Å². The van der Waals surface area contributed by atoms with E-state index in [1.165, 1.54) is 31.4 Å². The molecular weight excluding hydrogens is 336 g/mol. The van der Waals surface area contributed by atoms with Crippen LogP contribution in [0.2, 0.25) is 0 Å². The monoisotopic (exact) mass is 354 g/mol. The minimum atomic E-state index is 0.525. The predicted octanol–water partition coefficient (Wildman–Crippen LogP) is 4.53. The maximum Gasteiger partial charge on any atom is 0.161 e. The first kappa shape index (κ1) is 14.3. The maximum absolute atomic E-state index is 5.28. The van der Waals surface area contributed by atoms with Gasteiger partial charge in [-0.15, -0.1) is 0 Å². The second-order valence-corrected chi connectivity index (χ2v) is 7.19. The van der Waals surface area contributed by atoms with Gasteiger partial charge >= 0.3 is 0 Å². The van der Waals surface area contributed by atoms with Gasteiger partial charge in [0.15, 0.2) is 5.17 Å². The highest BCUT2D eigenvalue weighted by Crippen LogP contribution is 2.35. The Morgan fingerprint density at radius 2 is 2.20 bits per heavy atom. The number of methoxy groups -OCH3 is 1. The third-order valence-corrected chi connectivity index (χ3v) is 5.77. The van der Waals surface area contributed by atoms with Gasteiger partial charge in [-0.05, 0) is 46.8 Å². The van der Waals surface area contributed by atoms with Crippen molar-refractivity contribution in [2.45, 2.75) is 31.7 Å². The lowest BCUT2D eigenvalue weighted by atomic mass is 9.86. The van der Waals surface area contributed by atoms with Crippen LogP contribution < -0.4 is 10.1 Å². The molecule has 1 heterocycles. The van der Waals surface area contributed by atoms with E-state index < -0.39 is 0 Å². The van der Waals surface area contributed by atoms with Gasteiger partial charge in [-0.3, -0.25) is 4.99 Å². The van der Waals surface area contributed by atoms with Gasteiger partial charge in [-0.25, -0.2) is 0 Å². The van der Waals surface area contributed by atoms with Crippen molar-refractivity contribution in [2.75, 3.05) is 18.2 Å². The van der Waals surface area contributed by atoms with Gasteiger partial charge in [0, 0.05) is 16.3 Å². The Kier molecular flexibility index (Phi) is 4.56. The highest BCUT2D eigenvalue weighted by atomic mass is 79.9. The van der Waals surface area contributed by atoms with Gasteiger partial charge in [0.25, 0.3) is 0 Å². The number of hydrogen-bond donors (Lipinski definition) is 1. The van der Waals surface area contributed by atoms with E-state index in [0.29, 0.717) is 6.04 Å². The van der Waals surface area contributed by atoms with E-state index in [1.54, 1.807) is 7.11 Å². The normalized spacial score (nSPS) is 25.6. The van der Waals surface area contributed by atoms with Gasteiger partial charge < -0.3 is 10.1 Å². The molecule has 1 aliphatic heterocycles. The summed E-state index contributed by atoms with van der Waals surface area (Å²) < 4.78 is 6.31. The molecular formula is C15H19BrN2OS. The summed E-state index contributed by atoms with van der Waals surface area (Å²) in [6, 6.07) is 6.47. The topological polar surface area (TPSA) is 33.6 Å². The maximum atomic E-state index is 5.28. The molecule has 0 saturated heterocycles. The third-order valence-electron chi connectivity index (χ3n) is 4.00. The van der Waals surface area contributed by atoms with Crippen LogP contribution in [0.1, 0.15) is 25.7 Å². The Labute approximate surface area is 132 Å². The SMILES string of the molecule is COc1ccc(Br)c(NC2=NC3CCCCC3CS2)c1. The minimum absolute atomic E-state index is 0.525. The van der Waals surface area contributed by atoms with Gasteiger partial charge in [0.05, 0.1) is 18.8 Å². The molecule has 0 bridgehead atoms. The van der Waals surface area contributed by atoms with Gasteiger partial charge in [0.2, 0.25) is 0 Å². The van der Waals surface area contributed by atoms with Crippen LogP contribution in [0.5, 0.6) is 5.75 Å². The number of nitrogens with one attached hydrogen (secondary N) is 1. The lowest BCUT2D eigenvalue weighted by Gasteiger charge is -2.32. The second-order valence-electron chi connectivity index (χ2n) is 5.33. The third kappa shape index (κ3) is 3.14. The number of ether oxygens (including phenoxy) is 1. The van der Waals surface area contributed by atoms with Crippen molar-refractivity contribution in [3.63, 3.8) is 0 Å². The first-order chi connectivity index (χ1) is 9.76. The van der Waals surface area contributed by atoms with Crippen molar-refractivity contribution in [3.05, 3.63) is 22.7 Å². The van der Waals surface area contributed by atoms with Crippen LogP contribution in [0, 0.1) is 5.92 Å². The van der Waals surface area contributed by atoms with E-state index in [2.05, 4.69) is 21.2 Å². The number of aliphatic imine (C=N–C) groups is 1. The van der Waals surface area contributed by atoms with Crippen LogP contribution in [0.3, 0.4) is 0 Å². The molecule has 2 aliphatic rings. The minimum Gasteiger partial charge on any atom is -0.497 e. The van der Waals surface area contributed by atoms with Crippen molar-refractivity contribution < 1.29 is 4.74 Å². The van der Waals surface area contributed by atoms with Crippen molar-refractivity contribution in [3.8, 4) is 5.75 Å². The number of thioether (sulfide) groups is 1. The zero-order valence-corrected chi connectivity index (χ0v) is 14.0. The molecule has 1 fully saturated rings.